The van der Waals surface area contributed by atoms with Crippen molar-refractivity contribution in [1.29, 1.82) is 5.26 Å². The van der Waals surface area contributed by atoms with Gasteiger partial charge in [0.05, 0.1) is 23.5 Å². The van der Waals surface area contributed by atoms with Crippen molar-refractivity contribution in [1.82, 2.24) is 20.6 Å². The third kappa shape index (κ3) is 4.69. The Morgan fingerprint density at radius 1 is 1.07 bits per heavy atom. The maximum Gasteiger partial charge on any atom is 0.163 e. The van der Waals surface area contributed by atoms with Crippen molar-refractivity contribution in [3.05, 3.63) is 63.0 Å². The van der Waals surface area contributed by atoms with Crippen LogP contribution in [0.15, 0.2) is 41.7 Å². The van der Waals surface area contributed by atoms with Crippen LogP contribution in [-0.4, -0.2) is 29.6 Å². The van der Waals surface area contributed by atoms with Gasteiger partial charge in [-0.25, -0.2) is 9.97 Å². The number of benzene rings is 1. The lowest BCUT2D eigenvalue weighted by Gasteiger charge is -2.21. The molecule has 6 nitrogen and oxygen atoms in total. The first-order valence-electron chi connectivity index (χ1n) is 10.0. The second-order valence-electron chi connectivity index (χ2n) is 7.24. The number of fused-ring (bicyclic) bond motifs is 1. The molecule has 0 spiro atoms. The average molecular weight is 441 g/mol. The number of aromatic nitrogens is 2. The highest BCUT2D eigenvalue weighted by Crippen LogP contribution is 2.32. The number of aryl methyl sites for hydroxylation is 1. The molecule has 0 unspecified atom stereocenters. The van der Waals surface area contributed by atoms with Crippen molar-refractivity contribution in [3.8, 4) is 17.5 Å². The van der Waals surface area contributed by atoms with Gasteiger partial charge in [-0.05, 0) is 56.0 Å². The Kier molecular flexibility index (Phi) is 6.41. The summed E-state index contributed by atoms with van der Waals surface area (Å²) in [4.78, 5) is 9.60. The van der Waals surface area contributed by atoms with Gasteiger partial charge >= 0.3 is 0 Å². The SMILES string of the molecule is N#CC1=CC=C(NCCNc2nc(-c3ccc(Cl)cc3Cl)nc3c2CCCC3)NC1. The average Bonchev–Trinajstić information content (AvgIpc) is 2.77. The van der Waals surface area contributed by atoms with Gasteiger partial charge in [-0.1, -0.05) is 23.2 Å². The second kappa shape index (κ2) is 9.38. The molecule has 1 aromatic heterocycles. The number of anilines is 1. The van der Waals surface area contributed by atoms with E-state index < -0.39 is 0 Å². The van der Waals surface area contributed by atoms with Crippen LogP contribution in [0, 0.1) is 11.3 Å². The van der Waals surface area contributed by atoms with Crippen LogP contribution in [0.25, 0.3) is 11.4 Å². The fourth-order valence-electron chi connectivity index (χ4n) is 3.60. The number of allylic oxidation sites excluding steroid dienone is 2. The summed E-state index contributed by atoms with van der Waals surface area (Å²) >= 11 is 12.4. The molecule has 4 rings (SSSR count). The largest absolute Gasteiger partial charge is 0.370 e. The quantitative estimate of drug-likeness (QED) is 0.582. The standard InChI is InChI=1S/C22H22Cl2N6/c23-15-6-7-16(18(24)11-15)22-29-19-4-2-1-3-17(19)21(30-22)27-10-9-26-20-8-5-14(12-25)13-28-20/h5-8,11,26,28H,1-4,9-10,13H2,(H,27,29,30). The number of nitrogens with zero attached hydrogens (tertiary/aromatic N) is 3. The zero-order valence-electron chi connectivity index (χ0n) is 16.4. The molecule has 0 amide bonds. The second-order valence-corrected chi connectivity index (χ2v) is 8.09. The van der Waals surface area contributed by atoms with Crippen LogP contribution in [0.5, 0.6) is 0 Å². The molecular weight excluding hydrogens is 419 g/mol. The fourth-order valence-corrected chi connectivity index (χ4v) is 4.09. The molecule has 30 heavy (non-hydrogen) atoms. The molecule has 0 radical (unpaired) electrons. The third-order valence-electron chi connectivity index (χ3n) is 5.15. The van der Waals surface area contributed by atoms with E-state index in [-0.39, 0.29) is 0 Å². The maximum atomic E-state index is 8.90. The van der Waals surface area contributed by atoms with Crippen LogP contribution in [0.3, 0.4) is 0 Å². The van der Waals surface area contributed by atoms with Crippen LogP contribution in [0.4, 0.5) is 5.82 Å². The Morgan fingerprint density at radius 2 is 1.90 bits per heavy atom. The van der Waals surface area contributed by atoms with E-state index in [0.717, 1.165) is 54.2 Å². The van der Waals surface area contributed by atoms with Gasteiger partial charge in [0.1, 0.15) is 5.82 Å². The molecule has 0 fully saturated rings. The molecule has 1 aliphatic carbocycles. The van der Waals surface area contributed by atoms with Gasteiger partial charge in [0.15, 0.2) is 5.82 Å². The molecule has 2 aliphatic rings. The van der Waals surface area contributed by atoms with Crippen molar-refractivity contribution in [2.24, 2.45) is 0 Å². The molecule has 2 heterocycles. The van der Waals surface area contributed by atoms with E-state index in [0.29, 0.717) is 35.5 Å². The maximum absolute atomic E-state index is 8.90. The third-order valence-corrected chi connectivity index (χ3v) is 5.70. The lowest BCUT2D eigenvalue weighted by atomic mass is 9.96. The van der Waals surface area contributed by atoms with E-state index in [2.05, 4.69) is 22.0 Å². The first kappa shape index (κ1) is 20.5. The van der Waals surface area contributed by atoms with Crippen molar-refractivity contribution in [2.45, 2.75) is 25.7 Å². The fraction of sp³-hybridized carbons (Fsp3) is 0.318. The predicted octanol–water partition coefficient (Wildman–Crippen LogP) is 4.23. The van der Waals surface area contributed by atoms with E-state index >= 15 is 0 Å². The molecule has 1 aliphatic heterocycles. The summed E-state index contributed by atoms with van der Waals surface area (Å²) < 4.78 is 0. The van der Waals surface area contributed by atoms with Gasteiger partial charge in [-0.2, -0.15) is 5.26 Å². The zero-order chi connectivity index (χ0) is 20.9. The van der Waals surface area contributed by atoms with Gasteiger partial charge in [0, 0.05) is 40.5 Å². The molecule has 8 heteroatoms. The number of rotatable bonds is 6. The van der Waals surface area contributed by atoms with E-state index in [1.807, 2.05) is 18.2 Å². The molecule has 3 N–H and O–H groups in total. The van der Waals surface area contributed by atoms with Crippen LogP contribution in [0.1, 0.15) is 24.1 Å². The van der Waals surface area contributed by atoms with Crippen molar-refractivity contribution < 1.29 is 0 Å². The summed E-state index contributed by atoms with van der Waals surface area (Å²) in [5, 5.41) is 20.0. The Bertz CT molecular complexity index is 1050. The van der Waals surface area contributed by atoms with Crippen LogP contribution in [-0.2, 0) is 12.8 Å². The van der Waals surface area contributed by atoms with Gasteiger partial charge in [0.25, 0.3) is 0 Å². The summed E-state index contributed by atoms with van der Waals surface area (Å²) in [6, 6.07) is 7.54. The minimum Gasteiger partial charge on any atom is -0.370 e. The molecule has 0 atom stereocenters. The normalized spacial score (nSPS) is 15.2. The number of hydrogen-bond acceptors (Lipinski definition) is 6. The van der Waals surface area contributed by atoms with E-state index in [4.69, 9.17) is 38.4 Å². The van der Waals surface area contributed by atoms with Crippen LogP contribution >= 0.6 is 23.2 Å². The number of hydrogen-bond donors (Lipinski definition) is 3. The van der Waals surface area contributed by atoms with Crippen LogP contribution < -0.4 is 16.0 Å². The van der Waals surface area contributed by atoms with Crippen molar-refractivity contribution in [2.75, 3.05) is 25.0 Å². The Balaban J connectivity index is 1.49. The zero-order valence-corrected chi connectivity index (χ0v) is 17.9. The summed E-state index contributed by atoms with van der Waals surface area (Å²) in [6.45, 7) is 1.96. The van der Waals surface area contributed by atoms with E-state index in [9.17, 15) is 0 Å². The summed E-state index contributed by atoms with van der Waals surface area (Å²) in [7, 11) is 0. The highest BCUT2D eigenvalue weighted by atomic mass is 35.5. The molecule has 0 saturated heterocycles. The molecule has 2 aromatic rings. The molecule has 0 saturated carbocycles. The summed E-state index contributed by atoms with van der Waals surface area (Å²) in [5.74, 6) is 2.41. The number of halogens is 2. The van der Waals surface area contributed by atoms with Crippen LogP contribution in [0.2, 0.25) is 10.0 Å². The van der Waals surface area contributed by atoms with E-state index in [1.165, 1.54) is 5.56 Å². The number of nitriles is 1. The molecular formula is C22H22Cl2N6. The van der Waals surface area contributed by atoms with Crippen molar-refractivity contribution in [3.63, 3.8) is 0 Å². The highest BCUT2D eigenvalue weighted by molar-refractivity contribution is 6.36. The van der Waals surface area contributed by atoms with Crippen molar-refractivity contribution >= 4 is 29.0 Å². The van der Waals surface area contributed by atoms with Gasteiger partial charge in [-0.15, -0.1) is 0 Å². The topological polar surface area (TPSA) is 85.7 Å². The van der Waals surface area contributed by atoms with Gasteiger partial charge in [-0.3, -0.25) is 0 Å². The Morgan fingerprint density at radius 3 is 2.67 bits per heavy atom. The number of nitrogens with one attached hydrogen (secondary N) is 3. The highest BCUT2D eigenvalue weighted by Gasteiger charge is 2.19. The Hall–Kier alpha value is -2.75. The summed E-state index contributed by atoms with van der Waals surface area (Å²) in [5.41, 5.74) is 3.80. The first-order valence-corrected chi connectivity index (χ1v) is 10.8. The molecule has 1 aromatic carbocycles. The lowest BCUT2D eigenvalue weighted by molar-refractivity contribution is 0.663. The lowest BCUT2D eigenvalue weighted by Crippen LogP contribution is -2.32. The monoisotopic (exact) mass is 440 g/mol. The Labute approximate surface area is 186 Å². The first-order chi connectivity index (χ1) is 14.6. The number of dihydropyridines is 1. The molecule has 0 bridgehead atoms. The minimum atomic E-state index is 0.547. The van der Waals surface area contributed by atoms with Gasteiger partial charge in [0.2, 0.25) is 0 Å². The van der Waals surface area contributed by atoms with Gasteiger partial charge < -0.3 is 16.0 Å². The summed E-state index contributed by atoms with van der Waals surface area (Å²) in [6.07, 6.45) is 7.93. The predicted molar refractivity (Wildman–Crippen MR) is 120 cm³/mol. The molecule has 154 valence electrons. The smallest absolute Gasteiger partial charge is 0.163 e. The van der Waals surface area contributed by atoms with E-state index in [1.54, 1.807) is 12.1 Å². The minimum absolute atomic E-state index is 0.547.